The van der Waals surface area contributed by atoms with Gasteiger partial charge in [0.25, 0.3) is 0 Å². The molecule has 0 spiro atoms. The fourth-order valence-corrected chi connectivity index (χ4v) is 12.3. The number of hydrogen-bond acceptors (Lipinski definition) is 2. The quantitative estimate of drug-likeness (QED) is 0.136. The van der Waals surface area contributed by atoms with Crippen molar-refractivity contribution >= 4 is 35.8 Å². The van der Waals surface area contributed by atoms with E-state index in [9.17, 15) is 105 Å². The first-order valence-corrected chi connectivity index (χ1v) is 21.8. The Balaban J connectivity index is 1.87. The topological polar surface area (TPSA) is 58.2 Å². The minimum absolute atomic E-state index is 0.323. The van der Waals surface area contributed by atoms with E-state index >= 15 is 9.13 Å². The Hall–Kier alpha value is -4.42. The van der Waals surface area contributed by atoms with Crippen LogP contribution >= 0.6 is 14.6 Å². The lowest BCUT2D eigenvalue weighted by Crippen LogP contribution is -2.51. The number of benzene rings is 4. The van der Waals surface area contributed by atoms with Gasteiger partial charge in [-0.25, -0.2) is 0 Å². The van der Waals surface area contributed by atoms with Crippen molar-refractivity contribution in [1.82, 2.24) is 10.2 Å². The van der Waals surface area contributed by atoms with E-state index in [0.29, 0.717) is 0 Å². The van der Waals surface area contributed by atoms with Crippen molar-refractivity contribution in [3.8, 4) is 0 Å². The SMILES string of the molecule is O=P(N[C@@H]1CCCC[C@H]1NP(=O)(c1cc(C(F)(F)F)cc(C(F)(F)F)c1)c1cc(C(F)(F)F)cc(C(F)(F)F)c1)(c1cc(C(F)(F)F)cc(C(F)(F)F)c1)c1cc(C(F)(F)F)cc(C(F)(F)F)c1. The van der Waals surface area contributed by atoms with Crippen molar-refractivity contribution in [2.45, 2.75) is 87.2 Å². The molecule has 0 saturated heterocycles. The van der Waals surface area contributed by atoms with Gasteiger partial charge in [-0.2, -0.15) is 105 Å². The van der Waals surface area contributed by atoms with Crippen LogP contribution in [0.3, 0.4) is 0 Å². The molecule has 0 heterocycles. The maximum Gasteiger partial charge on any atom is 0.416 e. The van der Waals surface area contributed by atoms with Gasteiger partial charge in [0.15, 0.2) is 0 Å². The minimum Gasteiger partial charge on any atom is -0.297 e. The smallest absolute Gasteiger partial charge is 0.297 e. The molecule has 1 saturated carbocycles. The Kier molecular flexibility index (Phi) is 14.2. The summed E-state index contributed by atoms with van der Waals surface area (Å²) in [4.78, 5) is 0. The first kappa shape index (κ1) is 54.5. The third-order valence-corrected chi connectivity index (χ3v) is 15.5. The average Bonchev–Trinajstić information content (AvgIpc) is 3.18. The maximum absolute atomic E-state index is 15.3. The van der Waals surface area contributed by atoms with Gasteiger partial charge in [-0.3, -0.25) is 19.3 Å². The van der Waals surface area contributed by atoms with Crippen LogP contribution in [0, 0.1) is 0 Å². The Morgan fingerprint density at radius 2 is 0.441 bits per heavy atom. The highest BCUT2D eigenvalue weighted by atomic mass is 31.2. The van der Waals surface area contributed by atoms with Crippen LogP contribution in [0.25, 0.3) is 0 Å². The molecule has 2 N–H and O–H groups in total. The average molecular weight is 1060 g/mol. The van der Waals surface area contributed by atoms with E-state index in [4.69, 9.17) is 0 Å². The summed E-state index contributed by atoms with van der Waals surface area (Å²) in [7, 11) is -12.4. The van der Waals surface area contributed by atoms with Crippen molar-refractivity contribution in [1.29, 1.82) is 0 Å². The second-order valence-corrected chi connectivity index (χ2v) is 20.0. The minimum atomic E-state index is -6.22. The molecule has 2 atom stereocenters. The summed E-state index contributed by atoms with van der Waals surface area (Å²) in [5, 5.41) is -3.57. The van der Waals surface area contributed by atoms with Crippen LogP contribution in [0.2, 0.25) is 0 Å². The zero-order valence-electron chi connectivity index (χ0n) is 32.7. The molecule has 1 aliphatic rings. The summed E-state index contributed by atoms with van der Waals surface area (Å²) in [5.41, 5.74) is -18.9. The third-order valence-electron chi connectivity index (χ3n) is 10.2. The predicted octanol–water partition coefficient (Wildman–Crippen LogP) is 13.5. The van der Waals surface area contributed by atoms with Crippen LogP contribution in [0.4, 0.5) is 105 Å². The predicted molar refractivity (Wildman–Crippen MR) is 192 cm³/mol. The summed E-state index contributed by atoms with van der Waals surface area (Å²) >= 11 is 0. The van der Waals surface area contributed by atoms with Crippen molar-refractivity contribution in [2.24, 2.45) is 0 Å². The lowest BCUT2D eigenvalue weighted by atomic mass is 9.92. The van der Waals surface area contributed by atoms with Gasteiger partial charge in [0, 0.05) is 33.3 Å². The van der Waals surface area contributed by atoms with Crippen molar-refractivity contribution in [3.63, 3.8) is 0 Å². The van der Waals surface area contributed by atoms with Gasteiger partial charge >= 0.3 is 49.4 Å². The molecule has 1 aliphatic carbocycles. The molecule has 4 aromatic carbocycles. The Labute approximate surface area is 364 Å². The van der Waals surface area contributed by atoms with Gasteiger partial charge in [0.2, 0.25) is 14.6 Å². The molecular weight excluding hydrogens is 1030 g/mol. The molecule has 0 amide bonds. The van der Waals surface area contributed by atoms with Crippen LogP contribution in [-0.2, 0) is 58.5 Å². The van der Waals surface area contributed by atoms with Gasteiger partial charge in [-0.1, -0.05) is 12.8 Å². The van der Waals surface area contributed by atoms with Gasteiger partial charge in [0.05, 0.1) is 44.5 Å². The number of rotatable bonds is 8. The lowest BCUT2D eigenvalue weighted by Gasteiger charge is -2.38. The molecular formula is C38H24F24N2O2P2. The molecule has 376 valence electrons. The van der Waals surface area contributed by atoms with E-state index in [-0.39, 0.29) is 61.4 Å². The monoisotopic (exact) mass is 1060 g/mol. The van der Waals surface area contributed by atoms with E-state index in [1.807, 2.05) is 10.2 Å². The molecule has 0 unspecified atom stereocenters. The molecule has 5 rings (SSSR count). The van der Waals surface area contributed by atoms with Crippen molar-refractivity contribution in [2.75, 3.05) is 0 Å². The highest BCUT2D eigenvalue weighted by Gasteiger charge is 2.48. The van der Waals surface area contributed by atoms with Crippen LogP contribution in [0.15, 0.2) is 72.8 Å². The maximum atomic E-state index is 15.3. The molecule has 4 aromatic rings. The second-order valence-electron chi connectivity index (χ2n) is 15.0. The van der Waals surface area contributed by atoms with Crippen LogP contribution < -0.4 is 31.4 Å². The van der Waals surface area contributed by atoms with E-state index in [0.717, 1.165) is 0 Å². The summed E-state index contributed by atoms with van der Waals surface area (Å²) in [6, 6.07) is -9.95. The molecule has 0 aliphatic heterocycles. The summed E-state index contributed by atoms with van der Waals surface area (Å²) in [5.74, 6) is 0. The zero-order chi connectivity index (χ0) is 51.8. The van der Waals surface area contributed by atoms with Gasteiger partial charge < -0.3 is 0 Å². The fourth-order valence-electron chi connectivity index (χ4n) is 6.98. The summed E-state index contributed by atoms with van der Waals surface area (Å²) in [6.45, 7) is 0. The Morgan fingerprint density at radius 3 is 0.574 bits per heavy atom. The molecule has 1 fully saturated rings. The lowest BCUT2D eigenvalue weighted by molar-refractivity contribution is -0.144. The highest BCUT2D eigenvalue weighted by Crippen LogP contribution is 2.51. The van der Waals surface area contributed by atoms with E-state index in [2.05, 4.69) is 0 Å². The first-order valence-electron chi connectivity index (χ1n) is 18.4. The molecule has 4 nitrogen and oxygen atoms in total. The van der Waals surface area contributed by atoms with Crippen LogP contribution in [0.5, 0.6) is 0 Å². The second kappa shape index (κ2) is 17.8. The number of nitrogens with one attached hydrogen (secondary N) is 2. The fraction of sp³-hybridized carbons (Fsp3) is 0.368. The summed E-state index contributed by atoms with van der Waals surface area (Å²) < 4.78 is 369. The molecule has 0 bridgehead atoms. The first-order chi connectivity index (χ1) is 30.4. The van der Waals surface area contributed by atoms with E-state index < -0.39 is 179 Å². The molecule has 0 radical (unpaired) electrons. The molecule has 30 heteroatoms. The van der Waals surface area contributed by atoms with Gasteiger partial charge in [-0.15, -0.1) is 0 Å². The summed E-state index contributed by atoms with van der Waals surface area (Å²) in [6.07, 6.45) is -49.1. The van der Waals surface area contributed by atoms with Gasteiger partial charge in [-0.05, 0) is 85.6 Å². The Morgan fingerprint density at radius 1 is 0.294 bits per heavy atom. The van der Waals surface area contributed by atoms with E-state index in [1.165, 1.54) is 0 Å². The van der Waals surface area contributed by atoms with Crippen LogP contribution in [-0.4, -0.2) is 12.1 Å². The number of hydrogen-bond donors (Lipinski definition) is 2. The van der Waals surface area contributed by atoms with Crippen molar-refractivity contribution in [3.05, 3.63) is 117 Å². The zero-order valence-corrected chi connectivity index (χ0v) is 34.5. The van der Waals surface area contributed by atoms with Crippen LogP contribution in [0.1, 0.15) is 70.2 Å². The highest BCUT2D eigenvalue weighted by molar-refractivity contribution is 7.77. The standard InChI is InChI=1S/C38H24F24N2O2P2/c39-31(40,41)17-5-18(32(42,43)44)10-25(9-17)67(65,26-11-19(33(45,46)47)6-20(12-26)34(48,49)50)63-29-3-1-2-4-30(29)64-68(66,27-13-21(35(51,52)53)7-22(14-27)36(54,55)56)28-15-23(37(57,58)59)8-24(16-28)38(60,61)62/h5-16,29-30H,1-4H2,(H,63,65)(H,64,66)/t29-,30-/m1/s1. The van der Waals surface area contributed by atoms with Crippen molar-refractivity contribution < 1.29 is 115 Å². The normalized spacial score (nSPS) is 17.7. The molecule has 0 aromatic heterocycles. The van der Waals surface area contributed by atoms with Gasteiger partial charge in [0.1, 0.15) is 0 Å². The number of alkyl halides is 24. The number of halogens is 24. The Bertz CT molecular complexity index is 2150. The molecule has 68 heavy (non-hydrogen) atoms. The third kappa shape index (κ3) is 12.1. The largest absolute Gasteiger partial charge is 0.416 e. The van der Waals surface area contributed by atoms with E-state index in [1.54, 1.807) is 0 Å².